The van der Waals surface area contributed by atoms with E-state index in [9.17, 15) is 13.2 Å². The van der Waals surface area contributed by atoms with Crippen molar-refractivity contribution in [2.24, 2.45) is 0 Å². The molecule has 0 amide bonds. The lowest BCUT2D eigenvalue weighted by Crippen LogP contribution is -2.17. The molecule has 18 heavy (non-hydrogen) atoms. The maximum Gasteiger partial charge on any atom is 0.573 e. The van der Waals surface area contributed by atoms with E-state index in [2.05, 4.69) is 14.7 Å². The summed E-state index contributed by atoms with van der Waals surface area (Å²) in [5, 5.41) is 0. The molecular weight excluding hydrogens is 265 g/mol. The number of ether oxygens (including phenoxy) is 1. The topological polar surface area (TPSA) is 37.9 Å². The first kappa shape index (κ1) is 12.6. The normalized spacial score (nSPS) is 11.3. The summed E-state index contributed by atoms with van der Waals surface area (Å²) in [4.78, 5) is 6.77. The van der Waals surface area contributed by atoms with Gasteiger partial charge in [0.25, 0.3) is 0 Å². The molecule has 1 aromatic heterocycles. The summed E-state index contributed by atoms with van der Waals surface area (Å²) in [6.07, 6.45) is -1.70. The van der Waals surface area contributed by atoms with E-state index in [1.165, 1.54) is 24.4 Å². The number of aromatic amines is 1. The molecule has 3 nitrogen and oxygen atoms in total. The summed E-state index contributed by atoms with van der Waals surface area (Å²) < 4.78 is 40.5. The second kappa shape index (κ2) is 4.77. The van der Waals surface area contributed by atoms with Crippen LogP contribution in [-0.4, -0.2) is 16.3 Å². The van der Waals surface area contributed by atoms with Crippen LogP contribution >= 0.6 is 12.2 Å². The van der Waals surface area contributed by atoms with E-state index in [-0.39, 0.29) is 5.75 Å². The van der Waals surface area contributed by atoms with Crippen molar-refractivity contribution >= 4 is 12.2 Å². The Kier molecular flexibility index (Phi) is 3.33. The van der Waals surface area contributed by atoms with E-state index in [4.69, 9.17) is 12.2 Å². The zero-order valence-electron chi connectivity index (χ0n) is 8.86. The molecule has 1 aromatic carbocycles. The van der Waals surface area contributed by atoms with Crippen molar-refractivity contribution in [1.82, 2.24) is 9.97 Å². The van der Waals surface area contributed by atoms with Gasteiger partial charge in [0, 0.05) is 18.0 Å². The molecule has 0 saturated carbocycles. The van der Waals surface area contributed by atoms with Crippen molar-refractivity contribution in [3.8, 4) is 17.0 Å². The van der Waals surface area contributed by atoms with Gasteiger partial charge in [-0.3, -0.25) is 4.98 Å². The lowest BCUT2D eigenvalue weighted by atomic mass is 10.1. The van der Waals surface area contributed by atoms with E-state index in [0.29, 0.717) is 15.9 Å². The number of halogens is 3. The molecule has 1 heterocycles. The first-order valence-electron chi connectivity index (χ1n) is 4.85. The molecule has 94 valence electrons. The predicted molar refractivity (Wildman–Crippen MR) is 61.5 cm³/mol. The number of hydrogen-bond acceptors (Lipinski definition) is 3. The molecule has 0 fully saturated rings. The predicted octanol–water partition coefficient (Wildman–Crippen LogP) is 3.70. The van der Waals surface area contributed by atoms with Crippen LogP contribution in [0.2, 0.25) is 0 Å². The van der Waals surface area contributed by atoms with Gasteiger partial charge in [-0.1, -0.05) is 24.4 Å². The highest BCUT2D eigenvalue weighted by Gasteiger charge is 2.31. The number of H-pyrrole nitrogens is 1. The van der Waals surface area contributed by atoms with Gasteiger partial charge in [0.05, 0.1) is 0 Å². The van der Waals surface area contributed by atoms with Crippen molar-refractivity contribution in [2.75, 3.05) is 0 Å². The number of alkyl halides is 3. The fourth-order valence-electron chi connectivity index (χ4n) is 1.40. The highest BCUT2D eigenvalue weighted by atomic mass is 32.1. The van der Waals surface area contributed by atoms with Gasteiger partial charge in [-0.25, -0.2) is 0 Å². The fraction of sp³-hybridized carbons (Fsp3) is 0.0909. The lowest BCUT2D eigenvalue weighted by molar-refractivity contribution is -0.274. The SMILES string of the molecule is FC(F)(F)Oc1cccc(-c2ncc[nH]c2=S)c1. The third kappa shape index (κ3) is 3.07. The fourth-order valence-corrected chi connectivity index (χ4v) is 1.64. The molecule has 0 aliphatic carbocycles. The molecule has 0 unspecified atom stereocenters. The molecule has 1 N–H and O–H groups in total. The Balaban J connectivity index is 2.39. The second-order valence-electron chi connectivity index (χ2n) is 3.34. The van der Waals surface area contributed by atoms with Crippen molar-refractivity contribution in [3.05, 3.63) is 41.3 Å². The van der Waals surface area contributed by atoms with E-state index in [1.54, 1.807) is 12.3 Å². The summed E-state index contributed by atoms with van der Waals surface area (Å²) in [5.41, 5.74) is 0.860. The van der Waals surface area contributed by atoms with Crippen LogP contribution in [0.5, 0.6) is 5.75 Å². The van der Waals surface area contributed by atoms with Crippen LogP contribution in [0.4, 0.5) is 13.2 Å². The molecule has 0 spiro atoms. The van der Waals surface area contributed by atoms with E-state index < -0.39 is 6.36 Å². The summed E-state index contributed by atoms with van der Waals surface area (Å²) in [5.74, 6) is -0.306. The van der Waals surface area contributed by atoms with E-state index in [0.717, 1.165) is 0 Å². The Hall–Kier alpha value is -1.89. The minimum Gasteiger partial charge on any atom is -0.406 e. The number of benzene rings is 1. The van der Waals surface area contributed by atoms with Crippen LogP contribution in [0, 0.1) is 4.64 Å². The quantitative estimate of drug-likeness (QED) is 0.847. The van der Waals surface area contributed by atoms with Crippen LogP contribution < -0.4 is 4.74 Å². The molecule has 0 saturated heterocycles. The van der Waals surface area contributed by atoms with E-state index >= 15 is 0 Å². The van der Waals surface area contributed by atoms with Crippen LogP contribution in [0.25, 0.3) is 11.3 Å². The van der Waals surface area contributed by atoms with Gasteiger partial charge >= 0.3 is 6.36 Å². The third-order valence-corrected chi connectivity index (χ3v) is 2.36. The number of hydrogen-bond donors (Lipinski definition) is 1. The van der Waals surface area contributed by atoms with Gasteiger partial charge in [0.1, 0.15) is 16.1 Å². The minimum absolute atomic E-state index is 0.306. The number of nitrogens with zero attached hydrogens (tertiary/aromatic N) is 1. The highest BCUT2D eigenvalue weighted by Crippen LogP contribution is 2.27. The summed E-state index contributed by atoms with van der Waals surface area (Å²) in [6, 6.07) is 5.50. The zero-order chi connectivity index (χ0) is 13.2. The summed E-state index contributed by atoms with van der Waals surface area (Å²) >= 11 is 5.01. The van der Waals surface area contributed by atoms with Gasteiger partial charge < -0.3 is 9.72 Å². The minimum atomic E-state index is -4.72. The van der Waals surface area contributed by atoms with Gasteiger partial charge in [0.15, 0.2) is 0 Å². The van der Waals surface area contributed by atoms with Crippen LogP contribution in [-0.2, 0) is 0 Å². The Labute approximate surface area is 105 Å². The Morgan fingerprint density at radius 2 is 2.06 bits per heavy atom. The number of nitrogens with one attached hydrogen (secondary N) is 1. The van der Waals surface area contributed by atoms with Gasteiger partial charge in [-0.15, -0.1) is 13.2 Å². The van der Waals surface area contributed by atoms with Crippen molar-refractivity contribution in [1.29, 1.82) is 0 Å². The lowest BCUT2D eigenvalue weighted by Gasteiger charge is -2.09. The third-order valence-electron chi connectivity index (χ3n) is 2.05. The first-order chi connectivity index (χ1) is 8.46. The van der Waals surface area contributed by atoms with Gasteiger partial charge in [-0.05, 0) is 12.1 Å². The standard InChI is InChI=1S/C11H7F3N2OS/c12-11(13,14)17-8-3-1-2-7(6-8)9-10(18)16-5-4-15-9/h1-6H,(H,16,18). The van der Waals surface area contributed by atoms with Gasteiger partial charge in [-0.2, -0.15) is 0 Å². The number of aromatic nitrogens is 2. The first-order valence-corrected chi connectivity index (χ1v) is 5.26. The molecule has 2 rings (SSSR count). The highest BCUT2D eigenvalue weighted by molar-refractivity contribution is 7.71. The average molecular weight is 272 g/mol. The monoisotopic (exact) mass is 272 g/mol. The summed E-state index contributed by atoms with van der Waals surface area (Å²) in [6.45, 7) is 0. The molecule has 7 heteroatoms. The molecule has 0 aliphatic rings. The molecule has 0 atom stereocenters. The molecule has 0 radical (unpaired) electrons. The second-order valence-corrected chi connectivity index (χ2v) is 3.75. The molecular formula is C11H7F3N2OS. The summed E-state index contributed by atoms with van der Waals surface area (Å²) in [7, 11) is 0. The van der Waals surface area contributed by atoms with Crippen LogP contribution in [0.15, 0.2) is 36.7 Å². The maximum absolute atomic E-state index is 12.1. The van der Waals surface area contributed by atoms with Crippen LogP contribution in [0.3, 0.4) is 0 Å². The molecule has 0 bridgehead atoms. The van der Waals surface area contributed by atoms with E-state index in [1.807, 2.05) is 0 Å². The van der Waals surface area contributed by atoms with Crippen molar-refractivity contribution in [2.45, 2.75) is 6.36 Å². The average Bonchev–Trinajstić information content (AvgIpc) is 2.27. The number of rotatable bonds is 2. The smallest absolute Gasteiger partial charge is 0.406 e. The maximum atomic E-state index is 12.1. The Morgan fingerprint density at radius 1 is 1.28 bits per heavy atom. The van der Waals surface area contributed by atoms with Gasteiger partial charge in [0.2, 0.25) is 0 Å². The Bertz CT molecular complexity index is 609. The molecule has 0 aliphatic heterocycles. The van der Waals surface area contributed by atoms with Crippen LogP contribution in [0.1, 0.15) is 0 Å². The van der Waals surface area contributed by atoms with Crippen molar-refractivity contribution in [3.63, 3.8) is 0 Å². The largest absolute Gasteiger partial charge is 0.573 e. The van der Waals surface area contributed by atoms with Crippen molar-refractivity contribution < 1.29 is 17.9 Å². The zero-order valence-corrected chi connectivity index (χ0v) is 9.68. The Morgan fingerprint density at radius 3 is 2.72 bits per heavy atom. The molecule has 2 aromatic rings.